The van der Waals surface area contributed by atoms with Crippen LogP contribution in [-0.2, 0) is 30.4 Å². The van der Waals surface area contributed by atoms with Crippen LogP contribution in [0.4, 0.5) is 0 Å². The molecule has 0 radical (unpaired) electrons. The van der Waals surface area contributed by atoms with Gasteiger partial charge < -0.3 is 42.6 Å². The Morgan fingerprint density at radius 2 is 1.54 bits per heavy atom. The number of carboxylic acid groups (broad SMARTS) is 2. The first-order valence-corrected chi connectivity index (χ1v) is 12.8. The van der Waals surface area contributed by atoms with E-state index in [1.807, 2.05) is 24.3 Å². The molecule has 0 saturated heterocycles. The molecule has 3 amide bonds. The highest BCUT2D eigenvalue weighted by Gasteiger charge is 2.32. The lowest BCUT2D eigenvalue weighted by Crippen LogP contribution is -2.58. The average Bonchev–Trinajstić information content (AvgIpc) is 3.28. The summed E-state index contributed by atoms with van der Waals surface area (Å²) in [6, 6.07) is 2.57. The van der Waals surface area contributed by atoms with Gasteiger partial charge in [-0.15, -0.1) is 0 Å². The largest absolute Gasteiger partial charge is 0.481 e. The van der Waals surface area contributed by atoms with Crippen molar-refractivity contribution in [2.45, 2.75) is 70.1 Å². The second-order valence-corrected chi connectivity index (χ2v) is 9.85. The first-order valence-electron chi connectivity index (χ1n) is 12.8. The first-order chi connectivity index (χ1) is 18.4. The second-order valence-electron chi connectivity index (χ2n) is 9.85. The van der Waals surface area contributed by atoms with E-state index in [1.165, 1.54) is 0 Å². The number of para-hydroxylation sites is 1. The van der Waals surface area contributed by atoms with Gasteiger partial charge >= 0.3 is 11.9 Å². The smallest absolute Gasteiger partial charge is 0.326 e. The van der Waals surface area contributed by atoms with Crippen LogP contribution < -0.4 is 27.4 Å². The first kappa shape index (κ1) is 31.2. The molecule has 0 bridgehead atoms. The molecule has 13 nitrogen and oxygen atoms in total. The SMILES string of the molecule is CC(C)C[C@H](NC(=O)[C@H](Cc1c[nH]c2ccccc12)NC(=O)[C@@H](N)CCCN)C(=O)N[C@@H](CC(=O)O)C(=O)O. The summed E-state index contributed by atoms with van der Waals surface area (Å²) < 4.78 is 0. The van der Waals surface area contributed by atoms with E-state index >= 15 is 0 Å². The maximum absolute atomic E-state index is 13.5. The summed E-state index contributed by atoms with van der Waals surface area (Å²) in [7, 11) is 0. The number of amides is 3. The molecular weight excluding hydrogens is 508 g/mol. The molecular formula is C26H38N6O7. The van der Waals surface area contributed by atoms with Gasteiger partial charge in [0.25, 0.3) is 0 Å². The zero-order valence-corrected chi connectivity index (χ0v) is 22.1. The summed E-state index contributed by atoms with van der Waals surface area (Å²) in [5.41, 5.74) is 13.1. The zero-order valence-electron chi connectivity index (χ0n) is 22.1. The number of hydrogen-bond donors (Lipinski definition) is 8. The molecule has 4 atom stereocenters. The van der Waals surface area contributed by atoms with Gasteiger partial charge in [0, 0.05) is 23.5 Å². The molecule has 0 fully saturated rings. The number of rotatable bonds is 16. The molecule has 214 valence electrons. The number of aromatic nitrogens is 1. The minimum Gasteiger partial charge on any atom is -0.481 e. The molecule has 0 saturated carbocycles. The fraction of sp³-hybridized carbons (Fsp3) is 0.500. The van der Waals surface area contributed by atoms with E-state index in [-0.39, 0.29) is 18.8 Å². The molecule has 0 spiro atoms. The molecule has 0 aliphatic carbocycles. The second kappa shape index (κ2) is 14.8. The summed E-state index contributed by atoms with van der Waals surface area (Å²) >= 11 is 0. The molecule has 1 aromatic heterocycles. The molecule has 2 rings (SSSR count). The molecule has 1 heterocycles. The van der Waals surface area contributed by atoms with Crippen LogP contribution in [0, 0.1) is 5.92 Å². The number of carbonyl (C=O) groups is 5. The number of aromatic amines is 1. The van der Waals surface area contributed by atoms with Crippen molar-refractivity contribution in [2.24, 2.45) is 17.4 Å². The number of H-pyrrole nitrogens is 1. The Hall–Kier alpha value is -3.97. The molecule has 1 aromatic carbocycles. The van der Waals surface area contributed by atoms with Crippen LogP contribution >= 0.6 is 0 Å². The Bertz CT molecular complexity index is 1160. The van der Waals surface area contributed by atoms with Crippen LogP contribution in [0.25, 0.3) is 10.9 Å². The lowest BCUT2D eigenvalue weighted by molar-refractivity contribution is -0.147. The van der Waals surface area contributed by atoms with Crippen LogP contribution in [-0.4, -0.2) is 75.6 Å². The maximum Gasteiger partial charge on any atom is 0.326 e. The van der Waals surface area contributed by atoms with E-state index in [2.05, 4.69) is 20.9 Å². The predicted octanol–water partition coefficient (Wildman–Crippen LogP) is -0.164. The van der Waals surface area contributed by atoms with Gasteiger partial charge in [0.05, 0.1) is 12.5 Å². The van der Waals surface area contributed by atoms with E-state index in [0.29, 0.717) is 19.4 Å². The van der Waals surface area contributed by atoms with Crippen molar-refractivity contribution in [2.75, 3.05) is 6.54 Å². The summed E-state index contributed by atoms with van der Waals surface area (Å²) in [6.45, 7) is 3.96. The van der Waals surface area contributed by atoms with Crippen LogP contribution in [0.3, 0.4) is 0 Å². The number of hydrogen-bond acceptors (Lipinski definition) is 7. The van der Waals surface area contributed by atoms with E-state index < -0.39 is 60.2 Å². The molecule has 13 heteroatoms. The van der Waals surface area contributed by atoms with Crippen molar-refractivity contribution in [3.05, 3.63) is 36.0 Å². The summed E-state index contributed by atoms with van der Waals surface area (Å²) in [5.74, 6) is -5.08. The normalized spacial score (nSPS) is 14.3. The fourth-order valence-electron chi connectivity index (χ4n) is 4.10. The fourth-order valence-corrected chi connectivity index (χ4v) is 4.10. The quantitative estimate of drug-likeness (QED) is 0.140. The van der Waals surface area contributed by atoms with Crippen LogP contribution in [0.15, 0.2) is 30.5 Å². The minimum absolute atomic E-state index is 0.0813. The number of nitrogens with two attached hydrogens (primary N) is 2. The van der Waals surface area contributed by atoms with Crippen molar-refractivity contribution < 1.29 is 34.2 Å². The highest BCUT2D eigenvalue weighted by molar-refractivity contribution is 5.95. The number of carbonyl (C=O) groups excluding carboxylic acids is 3. The lowest BCUT2D eigenvalue weighted by Gasteiger charge is -2.26. The van der Waals surface area contributed by atoms with Crippen LogP contribution in [0.2, 0.25) is 0 Å². The topological polar surface area (TPSA) is 230 Å². The Kier molecular flexibility index (Phi) is 11.9. The van der Waals surface area contributed by atoms with E-state index in [1.54, 1.807) is 20.0 Å². The van der Waals surface area contributed by atoms with Crippen LogP contribution in [0.1, 0.15) is 45.1 Å². The Morgan fingerprint density at radius 3 is 2.15 bits per heavy atom. The van der Waals surface area contributed by atoms with Gasteiger partial charge in [0.1, 0.15) is 18.1 Å². The van der Waals surface area contributed by atoms with Crippen LogP contribution in [0.5, 0.6) is 0 Å². The van der Waals surface area contributed by atoms with Gasteiger partial charge in [-0.2, -0.15) is 0 Å². The van der Waals surface area contributed by atoms with Gasteiger partial charge in [-0.3, -0.25) is 19.2 Å². The molecule has 2 aromatic rings. The van der Waals surface area contributed by atoms with Crippen molar-refractivity contribution >= 4 is 40.6 Å². The predicted molar refractivity (Wildman–Crippen MR) is 143 cm³/mol. The lowest BCUT2D eigenvalue weighted by atomic mass is 10.00. The van der Waals surface area contributed by atoms with Crippen molar-refractivity contribution in [3.63, 3.8) is 0 Å². The minimum atomic E-state index is -1.68. The molecule has 0 unspecified atom stereocenters. The number of nitrogens with one attached hydrogen (secondary N) is 4. The Balaban J connectivity index is 2.29. The number of carboxylic acids is 2. The highest BCUT2D eigenvalue weighted by Crippen LogP contribution is 2.19. The summed E-state index contributed by atoms with van der Waals surface area (Å²) in [6.07, 6.45) is 1.96. The van der Waals surface area contributed by atoms with Gasteiger partial charge in [-0.25, -0.2) is 4.79 Å². The monoisotopic (exact) mass is 546 g/mol. The van der Waals surface area contributed by atoms with Crippen molar-refractivity contribution in [3.8, 4) is 0 Å². The van der Waals surface area contributed by atoms with Gasteiger partial charge in [-0.05, 0) is 43.4 Å². The summed E-state index contributed by atoms with van der Waals surface area (Å²) in [4.78, 5) is 64.9. The molecule has 0 aliphatic rings. The van der Waals surface area contributed by atoms with Gasteiger partial charge in [0.15, 0.2) is 0 Å². The van der Waals surface area contributed by atoms with Gasteiger partial charge in [-0.1, -0.05) is 32.0 Å². The molecule has 39 heavy (non-hydrogen) atoms. The maximum atomic E-state index is 13.5. The highest BCUT2D eigenvalue weighted by atomic mass is 16.4. The Morgan fingerprint density at radius 1 is 0.923 bits per heavy atom. The molecule has 0 aliphatic heterocycles. The standard InChI is InChI=1S/C26H38N6O7/c1-14(2)10-19(24(36)32-21(26(38)39)12-22(33)34)31-25(37)20(30-23(35)17(28)7-5-9-27)11-15-13-29-18-8-4-3-6-16(15)18/h3-4,6,8,13-14,17,19-21,29H,5,7,9-12,27-28H2,1-2H3,(H,30,35)(H,31,37)(H,32,36)(H,33,34)(H,38,39)/t17-,19-,20-,21-/m0/s1. The van der Waals surface area contributed by atoms with E-state index in [0.717, 1.165) is 16.5 Å². The van der Waals surface area contributed by atoms with E-state index in [9.17, 15) is 29.1 Å². The number of benzene rings is 1. The third kappa shape index (κ3) is 9.69. The zero-order chi connectivity index (χ0) is 29.1. The third-order valence-electron chi connectivity index (χ3n) is 6.12. The van der Waals surface area contributed by atoms with Gasteiger partial charge in [0.2, 0.25) is 17.7 Å². The Labute approximate surface area is 226 Å². The van der Waals surface area contributed by atoms with Crippen molar-refractivity contribution in [1.82, 2.24) is 20.9 Å². The van der Waals surface area contributed by atoms with E-state index in [4.69, 9.17) is 16.6 Å². The number of aliphatic carboxylic acids is 2. The van der Waals surface area contributed by atoms with Crippen molar-refractivity contribution in [1.29, 1.82) is 0 Å². The average molecular weight is 547 g/mol. The third-order valence-corrected chi connectivity index (χ3v) is 6.12. The summed E-state index contributed by atoms with van der Waals surface area (Å²) in [5, 5.41) is 26.6. The molecule has 10 N–H and O–H groups in total. The number of fused-ring (bicyclic) bond motifs is 1.